The predicted octanol–water partition coefficient (Wildman–Crippen LogP) is 4.31. The zero-order valence-electron chi connectivity index (χ0n) is 16.0. The Bertz CT molecular complexity index is 685. The number of anilines is 1. The van der Waals surface area contributed by atoms with Crippen LogP contribution in [0, 0.1) is 12.8 Å². The minimum absolute atomic E-state index is 0.00795. The highest BCUT2D eigenvalue weighted by molar-refractivity contribution is 5.91. The summed E-state index contributed by atoms with van der Waals surface area (Å²) in [7, 11) is 0. The summed E-state index contributed by atoms with van der Waals surface area (Å²) in [6.07, 6.45) is 6.37. The molecule has 1 amide bonds. The van der Waals surface area contributed by atoms with E-state index in [0.717, 1.165) is 30.1 Å². The summed E-state index contributed by atoms with van der Waals surface area (Å²) in [4.78, 5) is 16.4. The minimum Gasteiger partial charge on any atom is -0.446 e. The first-order valence-corrected chi connectivity index (χ1v) is 9.13. The molecule has 0 aliphatic heterocycles. The molecule has 25 heavy (non-hydrogen) atoms. The van der Waals surface area contributed by atoms with E-state index < -0.39 is 0 Å². The van der Waals surface area contributed by atoms with Crippen molar-refractivity contribution in [1.82, 2.24) is 14.8 Å². The third-order valence-corrected chi connectivity index (χ3v) is 4.08. The summed E-state index contributed by atoms with van der Waals surface area (Å²) in [6, 6.07) is 0. The number of aromatic nitrogens is 3. The number of carbonyl (C=O) groups excluding carboxylic acids is 1. The zero-order valence-corrected chi connectivity index (χ0v) is 16.0. The first-order valence-electron chi connectivity index (χ1n) is 9.13. The lowest BCUT2D eigenvalue weighted by Gasteiger charge is -2.14. The standard InChI is InChI=1S/C19H30N4O2/c1-13(2)9-10-23-19(14(3)4)16(12-21-23)22-17(24)7-6-8-18-20-11-15(5)25-18/h11-14H,6-10H2,1-5H3,(H,22,24). The van der Waals surface area contributed by atoms with Crippen molar-refractivity contribution in [3.63, 3.8) is 0 Å². The molecule has 2 rings (SSSR count). The number of carbonyl (C=O) groups is 1. The summed E-state index contributed by atoms with van der Waals surface area (Å²) in [5, 5.41) is 7.49. The number of hydrogen-bond acceptors (Lipinski definition) is 4. The lowest BCUT2D eigenvalue weighted by molar-refractivity contribution is -0.116. The lowest BCUT2D eigenvalue weighted by atomic mass is 10.1. The van der Waals surface area contributed by atoms with Gasteiger partial charge < -0.3 is 9.73 Å². The van der Waals surface area contributed by atoms with Crippen molar-refractivity contribution in [2.24, 2.45) is 5.92 Å². The smallest absolute Gasteiger partial charge is 0.224 e. The van der Waals surface area contributed by atoms with Crippen molar-refractivity contribution >= 4 is 11.6 Å². The molecule has 138 valence electrons. The van der Waals surface area contributed by atoms with Crippen molar-refractivity contribution in [3.05, 3.63) is 29.7 Å². The van der Waals surface area contributed by atoms with Gasteiger partial charge in [-0.15, -0.1) is 0 Å². The molecule has 0 aliphatic carbocycles. The molecule has 0 atom stereocenters. The van der Waals surface area contributed by atoms with Crippen molar-refractivity contribution < 1.29 is 9.21 Å². The first kappa shape index (κ1) is 19.2. The Kier molecular flexibility index (Phi) is 6.79. The van der Waals surface area contributed by atoms with Crippen LogP contribution in [0.1, 0.15) is 70.2 Å². The fourth-order valence-corrected chi connectivity index (χ4v) is 2.79. The molecule has 0 aromatic carbocycles. The molecule has 0 unspecified atom stereocenters. The van der Waals surface area contributed by atoms with Gasteiger partial charge >= 0.3 is 0 Å². The van der Waals surface area contributed by atoms with Gasteiger partial charge in [0.05, 0.1) is 23.8 Å². The Morgan fingerprint density at radius 2 is 2.04 bits per heavy atom. The van der Waals surface area contributed by atoms with Gasteiger partial charge in [0.15, 0.2) is 5.89 Å². The van der Waals surface area contributed by atoms with Crippen molar-refractivity contribution in [3.8, 4) is 0 Å². The van der Waals surface area contributed by atoms with E-state index in [4.69, 9.17) is 4.42 Å². The number of aryl methyl sites for hydroxylation is 3. The van der Waals surface area contributed by atoms with Gasteiger partial charge in [0, 0.05) is 19.4 Å². The molecule has 6 nitrogen and oxygen atoms in total. The van der Waals surface area contributed by atoms with Crippen molar-refractivity contribution in [2.45, 2.75) is 72.8 Å². The molecule has 2 aromatic rings. The highest BCUT2D eigenvalue weighted by atomic mass is 16.3. The summed E-state index contributed by atoms with van der Waals surface area (Å²) in [6.45, 7) is 11.4. The highest BCUT2D eigenvalue weighted by Crippen LogP contribution is 2.25. The normalized spacial score (nSPS) is 11.5. The Labute approximate surface area is 150 Å². The van der Waals surface area contributed by atoms with Crippen LogP contribution in [0.3, 0.4) is 0 Å². The summed E-state index contributed by atoms with van der Waals surface area (Å²) < 4.78 is 7.45. The molecule has 0 aliphatic rings. The van der Waals surface area contributed by atoms with Gasteiger partial charge in [-0.25, -0.2) is 4.98 Å². The van der Waals surface area contributed by atoms with Crippen LogP contribution in [-0.2, 0) is 17.8 Å². The Morgan fingerprint density at radius 1 is 1.28 bits per heavy atom. The summed E-state index contributed by atoms with van der Waals surface area (Å²) >= 11 is 0. The SMILES string of the molecule is Cc1cnc(CCCC(=O)Nc2cnn(CCC(C)C)c2C(C)C)o1. The van der Waals surface area contributed by atoms with Gasteiger partial charge in [-0.2, -0.15) is 5.10 Å². The Morgan fingerprint density at radius 3 is 2.64 bits per heavy atom. The number of amides is 1. The van der Waals surface area contributed by atoms with Gasteiger partial charge in [0.1, 0.15) is 5.76 Å². The van der Waals surface area contributed by atoms with Gasteiger partial charge in [0.25, 0.3) is 0 Å². The van der Waals surface area contributed by atoms with Crippen LogP contribution in [0.15, 0.2) is 16.8 Å². The number of oxazole rings is 1. The summed E-state index contributed by atoms with van der Waals surface area (Å²) in [5.74, 6) is 2.43. The Balaban J connectivity index is 1.90. The molecular formula is C19H30N4O2. The fourth-order valence-electron chi connectivity index (χ4n) is 2.79. The minimum atomic E-state index is 0.00795. The molecular weight excluding hydrogens is 316 g/mol. The number of hydrogen-bond donors (Lipinski definition) is 1. The summed E-state index contributed by atoms with van der Waals surface area (Å²) in [5.41, 5.74) is 1.92. The molecule has 0 radical (unpaired) electrons. The maximum absolute atomic E-state index is 12.3. The van der Waals surface area contributed by atoms with E-state index in [0.29, 0.717) is 37.0 Å². The third kappa shape index (κ3) is 5.73. The molecule has 0 bridgehead atoms. The van der Waals surface area contributed by atoms with E-state index in [9.17, 15) is 4.79 Å². The van der Waals surface area contributed by atoms with Crippen LogP contribution in [0.4, 0.5) is 5.69 Å². The van der Waals surface area contributed by atoms with E-state index in [2.05, 4.69) is 43.1 Å². The van der Waals surface area contributed by atoms with Crippen LogP contribution in [-0.4, -0.2) is 20.7 Å². The van der Waals surface area contributed by atoms with Crippen LogP contribution in [0.25, 0.3) is 0 Å². The van der Waals surface area contributed by atoms with Gasteiger partial charge in [0.2, 0.25) is 5.91 Å². The van der Waals surface area contributed by atoms with E-state index in [1.54, 1.807) is 12.4 Å². The monoisotopic (exact) mass is 346 g/mol. The molecule has 0 saturated carbocycles. The number of nitrogens with zero attached hydrogens (tertiary/aromatic N) is 3. The average molecular weight is 346 g/mol. The topological polar surface area (TPSA) is 73.0 Å². The highest BCUT2D eigenvalue weighted by Gasteiger charge is 2.16. The second-order valence-corrected chi connectivity index (χ2v) is 7.27. The zero-order chi connectivity index (χ0) is 18.4. The molecule has 1 N–H and O–H groups in total. The van der Waals surface area contributed by atoms with Crippen LogP contribution in [0.2, 0.25) is 0 Å². The van der Waals surface area contributed by atoms with E-state index >= 15 is 0 Å². The third-order valence-electron chi connectivity index (χ3n) is 4.08. The molecule has 2 heterocycles. The van der Waals surface area contributed by atoms with Crippen LogP contribution < -0.4 is 5.32 Å². The van der Waals surface area contributed by atoms with Crippen molar-refractivity contribution in [2.75, 3.05) is 5.32 Å². The number of rotatable bonds is 9. The lowest BCUT2D eigenvalue weighted by Crippen LogP contribution is -2.14. The second kappa shape index (κ2) is 8.83. The van der Waals surface area contributed by atoms with Crippen LogP contribution in [0.5, 0.6) is 0 Å². The second-order valence-electron chi connectivity index (χ2n) is 7.27. The quantitative estimate of drug-likeness (QED) is 0.734. The fraction of sp³-hybridized carbons (Fsp3) is 0.632. The maximum atomic E-state index is 12.3. The molecule has 6 heteroatoms. The van der Waals surface area contributed by atoms with E-state index in [1.807, 2.05) is 11.6 Å². The molecule has 2 aromatic heterocycles. The maximum Gasteiger partial charge on any atom is 0.224 e. The number of nitrogens with one attached hydrogen (secondary N) is 1. The molecule has 0 spiro atoms. The largest absolute Gasteiger partial charge is 0.446 e. The van der Waals surface area contributed by atoms with Gasteiger partial charge in [-0.05, 0) is 31.6 Å². The van der Waals surface area contributed by atoms with Crippen LogP contribution >= 0.6 is 0 Å². The van der Waals surface area contributed by atoms with E-state index in [-0.39, 0.29) is 5.91 Å². The van der Waals surface area contributed by atoms with Gasteiger partial charge in [-0.1, -0.05) is 27.7 Å². The van der Waals surface area contributed by atoms with E-state index in [1.165, 1.54) is 0 Å². The predicted molar refractivity (Wildman–Crippen MR) is 98.6 cm³/mol. The molecule has 0 fully saturated rings. The average Bonchev–Trinajstić information content (AvgIpc) is 3.11. The molecule has 0 saturated heterocycles. The Hall–Kier alpha value is -2.11. The van der Waals surface area contributed by atoms with Gasteiger partial charge in [-0.3, -0.25) is 9.48 Å². The first-order chi connectivity index (χ1) is 11.9. The van der Waals surface area contributed by atoms with Crippen molar-refractivity contribution in [1.29, 1.82) is 0 Å².